The molecule has 0 spiro atoms. The van der Waals surface area contributed by atoms with Crippen LogP contribution in [0.5, 0.6) is 0 Å². The molecule has 10 heteroatoms. The third-order valence-electron chi connectivity index (χ3n) is 4.93. The maximum absolute atomic E-state index is 13.1. The highest BCUT2D eigenvalue weighted by Crippen LogP contribution is 2.40. The number of urea groups is 1. The maximum atomic E-state index is 13.1. The average Bonchev–Trinajstić information content (AvgIpc) is 3.04. The van der Waals surface area contributed by atoms with E-state index in [1.54, 1.807) is 24.3 Å². The van der Waals surface area contributed by atoms with Crippen LogP contribution in [0.1, 0.15) is 5.56 Å². The molecular formula is C18H14BrF3N2O3S. The Balaban J connectivity index is 1.80. The number of alkyl halides is 3. The number of halogens is 4. The molecule has 2 aromatic rings. The van der Waals surface area contributed by atoms with Gasteiger partial charge in [-0.05, 0) is 42.5 Å². The zero-order valence-electron chi connectivity index (χ0n) is 14.2. The van der Waals surface area contributed by atoms with E-state index in [2.05, 4.69) is 15.9 Å². The molecule has 2 heterocycles. The zero-order chi connectivity index (χ0) is 20.3. The second-order valence-electron chi connectivity index (χ2n) is 6.76. The van der Waals surface area contributed by atoms with Crippen molar-refractivity contribution < 1.29 is 26.4 Å². The van der Waals surface area contributed by atoms with Crippen LogP contribution in [0, 0.1) is 0 Å². The molecule has 0 aliphatic carbocycles. The minimum absolute atomic E-state index is 0.0338. The average molecular weight is 475 g/mol. The molecule has 2 atom stereocenters. The Morgan fingerprint density at radius 2 is 1.50 bits per heavy atom. The van der Waals surface area contributed by atoms with E-state index in [1.165, 1.54) is 21.9 Å². The van der Waals surface area contributed by atoms with Crippen molar-refractivity contribution in [3.63, 3.8) is 0 Å². The number of fused-ring (bicyclic) bond motifs is 1. The normalized spacial score (nSPS) is 23.9. The molecular weight excluding hydrogens is 461 g/mol. The second-order valence-corrected chi connectivity index (χ2v) is 9.83. The van der Waals surface area contributed by atoms with Crippen molar-refractivity contribution in [3.05, 3.63) is 58.6 Å². The first-order chi connectivity index (χ1) is 13.1. The minimum Gasteiger partial charge on any atom is -0.288 e. The highest BCUT2D eigenvalue weighted by atomic mass is 79.9. The molecule has 0 unspecified atom stereocenters. The molecule has 0 bridgehead atoms. The van der Waals surface area contributed by atoms with E-state index in [4.69, 9.17) is 0 Å². The number of hydrogen-bond acceptors (Lipinski definition) is 3. The van der Waals surface area contributed by atoms with Gasteiger partial charge < -0.3 is 0 Å². The molecule has 28 heavy (non-hydrogen) atoms. The van der Waals surface area contributed by atoms with Gasteiger partial charge in [-0.3, -0.25) is 9.80 Å². The van der Waals surface area contributed by atoms with Gasteiger partial charge in [0.25, 0.3) is 0 Å². The number of sulfone groups is 1. The first kappa shape index (κ1) is 19.3. The summed E-state index contributed by atoms with van der Waals surface area (Å²) < 4.78 is 64.6. The highest BCUT2D eigenvalue weighted by Gasteiger charge is 2.54. The molecule has 2 aliphatic rings. The summed E-state index contributed by atoms with van der Waals surface area (Å²) in [5, 5.41) is 0. The molecule has 2 saturated heterocycles. The van der Waals surface area contributed by atoms with Crippen LogP contribution in [0.15, 0.2) is 53.0 Å². The first-order valence-electron chi connectivity index (χ1n) is 8.32. The van der Waals surface area contributed by atoms with Crippen LogP contribution in [0.4, 0.5) is 29.3 Å². The summed E-state index contributed by atoms with van der Waals surface area (Å²) in [6.45, 7) is 0. The van der Waals surface area contributed by atoms with Gasteiger partial charge in [-0.1, -0.05) is 22.0 Å². The topological polar surface area (TPSA) is 57.7 Å². The van der Waals surface area contributed by atoms with Crippen molar-refractivity contribution in [3.8, 4) is 0 Å². The minimum atomic E-state index is -4.56. The van der Waals surface area contributed by atoms with Crippen molar-refractivity contribution in [2.24, 2.45) is 0 Å². The molecule has 5 nitrogen and oxygen atoms in total. The number of carbonyl (C=O) groups is 1. The van der Waals surface area contributed by atoms with E-state index in [0.29, 0.717) is 5.69 Å². The summed E-state index contributed by atoms with van der Waals surface area (Å²) in [6.07, 6.45) is -4.56. The largest absolute Gasteiger partial charge is 0.416 e. The number of nitrogens with zero attached hydrogens (tertiary/aromatic N) is 2. The van der Waals surface area contributed by atoms with E-state index >= 15 is 0 Å². The van der Waals surface area contributed by atoms with Gasteiger partial charge in [0, 0.05) is 15.8 Å². The van der Waals surface area contributed by atoms with Crippen LogP contribution in [0.2, 0.25) is 0 Å². The van der Waals surface area contributed by atoms with Gasteiger partial charge in [0.2, 0.25) is 0 Å². The lowest BCUT2D eigenvalue weighted by molar-refractivity contribution is -0.137. The summed E-state index contributed by atoms with van der Waals surface area (Å²) in [5.74, 6) is -0.512. The maximum Gasteiger partial charge on any atom is 0.416 e. The van der Waals surface area contributed by atoms with Crippen LogP contribution in [0.3, 0.4) is 0 Å². The molecule has 0 N–H and O–H groups in total. The summed E-state index contributed by atoms with van der Waals surface area (Å²) in [4.78, 5) is 15.7. The van der Waals surface area contributed by atoms with Gasteiger partial charge in [0.05, 0.1) is 29.2 Å². The van der Waals surface area contributed by atoms with Crippen molar-refractivity contribution in [2.45, 2.75) is 18.3 Å². The van der Waals surface area contributed by atoms with Crippen LogP contribution in [0.25, 0.3) is 0 Å². The molecule has 2 amide bonds. The van der Waals surface area contributed by atoms with Gasteiger partial charge in [-0.2, -0.15) is 13.2 Å². The van der Waals surface area contributed by atoms with Gasteiger partial charge in [0.1, 0.15) is 0 Å². The highest BCUT2D eigenvalue weighted by molar-refractivity contribution is 9.10. The van der Waals surface area contributed by atoms with Crippen LogP contribution in [-0.4, -0.2) is 38.0 Å². The summed E-state index contributed by atoms with van der Waals surface area (Å²) in [5.41, 5.74) is -0.362. The fraction of sp³-hybridized carbons (Fsp3) is 0.278. The van der Waals surface area contributed by atoms with Crippen LogP contribution in [-0.2, 0) is 16.0 Å². The molecule has 2 aliphatic heterocycles. The number of amides is 2. The molecule has 2 aromatic carbocycles. The molecule has 0 saturated carbocycles. The second kappa shape index (κ2) is 6.48. The predicted molar refractivity (Wildman–Crippen MR) is 102 cm³/mol. The third kappa shape index (κ3) is 3.28. The Hall–Kier alpha value is -2.07. The van der Waals surface area contributed by atoms with E-state index in [0.717, 1.165) is 16.6 Å². The van der Waals surface area contributed by atoms with Gasteiger partial charge in [-0.25, -0.2) is 13.2 Å². The lowest BCUT2D eigenvalue weighted by Crippen LogP contribution is -2.38. The zero-order valence-corrected chi connectivity index (χ0v) is 16.6. The van der Waals surface area contributed by atoms with Crippen LogP contribution >= 0.6 is 15.9 Å². The van der Waals surface area contributed by atoms with Gasteiger partial charge in [0.15, 0.2) is 9.84 Å². The summed E-state index contributed by atoms with van der Waals surface area (Å²) >= 11 is 3.30. The standard InChI is InChI=1S/C18H14BrF3N2O3S/c19-12-4-6-13(7-5-12)23-15-9-28(26,27)10-16(15)24(17(23)25)14-3-1-2-11(8-14)18(20,21)22/h1-8,15-16H,9-10H2/t15-,16+/m0/s1. The fourth-order valence-electron chi connectivity index (χ4n) is 3.74. The molecule has 0 aromatic heterocycles. The lowest BCUT2D eigenvalue weighted by Gasteiger charge is -2.23. The summed E-state index contributed by atoms with van der Waals surface area (Å²) in [7, 11) is -3.42. The molecule has 148 valence electrons. The van der Waals surface area contributed by atoms with E-state index in [1.807, 2.05) is 0 Å². The molecule has 2 fully saturated rings. The quantitative estimate of drug-likeness (QED) is 0.616. The number of anilines is 2. The van der Waals surface area contributed by atoms with Crippen molar-refractivity contribution >= 4 is 43.2 Å². The SMILES string of the molecule is O=C1N(c2cccc(C(F)(F)F)c2)[C@@H]2CS(=O)(=O)C[C@@H]2N1c1ccc(Br)cc1. The van der Waals surface area contributed by atoms with Crippen molar-refractivity contribution in [2.75, 3.05) is 21.3 Å². The number of rotatable bonds is 2. The number of carbonyl (C=O) groups excluding carboxylic acids is 1. The lowest BCUT2D eigenvalue weighted by atomic mass is 10.1. The molecule has 0 radical (unpaired) electrons. The fourth-order valence-corrected chi connectivity index (χ4v) is 5.92. The predicted octanol–water partition coefficient (Wildman–Crippen LogP) is 4.08. The van der Waals surface area contributed by atoms with Gasteiger partial charge >= 0.3 is 12.2 Å². The van der Waals surface area contributed by atoms with Crippen LogP contribution < -0.4 is 9.80 Å². The Labute approximate surface area is 167 Å². The first-order valence-corrected chi connectivity index (χ1v) is 10.9. The van der Waals surface area contributed by atoms with Crippen molar-refractivity contribution in [1.29, 1.82) is 0 Å². The summed E-state index contributed by atoms with van der Waals surface area (Å²) in [6, 6.07) is 9.22. The Morgan fingerprint density at radius 1 is 0.929 bits per heavy atom. The monoisotopic (exact) mass is 474 g/mol. The van der Waals surface area contributed by atoms with E-state index in [9.17, 15) is 26.4 Å². The number of hydrogen-bond donors (Lipinski definition) is 0. The Morgan fingerprint density at radius 3 is 2.07 bits per heavy atom. The third-order valence-corrected chi connectivity index (χ3v) is 7.15. The Kier molecular flexibility index (Phi) is 4.46. The van der Waals surface area contributed by atoms with E-state index < -0.39 is 39.7 Å². The molecule has 4 rings (SSSR count). The smallest absolute Gasteiger partial charge is 0.288 e. The number of benzene rings is 2. The van der Waals surface area contributed by atoms with Gasteiger partial charge in [-0.15, -0.1) is 0 Å². The Bertz CT molecular complexity index is 1040. The van der Waals surface area contributed by atoms with Crippen molar-refractivity contribution in [1.82, 2.24) is 0 Å². The van der Waals surface area contributed by atoms with E-state index in [-0.39, 0.29) is 17.2 Å².